The van der Waals surface area contributed by atoms with Crippen LogP contribution in [0.25, 0.3) is 0 Å². The average Bonchev–Trinajstić information content (AvgIpc) is 2.99. The maximum Gasteiger partial charge on any atom is 0.248 e. The Kier molecular flexibility index (Phi) is 5.91. The van der Waals surface area contributed by atoms with Gasteiger partial charge in [0.25, 0.3) is 0 Å². The van der Waals surface area contributed by atoms with Gasteiger partial charge in [-0.25, -0.2) is 0 Å². The third-order valence-electron chi connectivity index (χ3n) is 4.94. The van der Waals surface area contributed by atoms with Crippen molar-refractivity contribution in [2.45, 2.75) is 19.3 Å². The second kappa shape index (κ2) is 8.34. The SMILES string of the molecule is COCC(=O)N1CCCN(C(=O)[C@H]2CCOc3ccccc3C2)CC1. The molecule has 0 bridgehead atoms. The summed E-state index contributed by atoms with van der Waals surface area (Å²) in [5, 5.41) is 0. The average molecular weight is 346 g/mol. The van der Waals surface area contributed by atoms with Gasteiger partial charge in [-0.15, -0.1) is 0 Å². The summed E-state index contributed by atoms with van der Waals surface area (Å²) in [6, 6.07) is 7.95. The lowest BCUT2D eigenvalue weighted by molar-refractivity contribution is -0.137. The van der Waals surface area contributed by atoms with Gasteiger partial charge in [-0.1, -0.05) is 18.2 Å². The highest BCUT2D eigenvalue weighted by Gasteiger charge is 2.29. The lowest BCUT2D eigenvalue weighted by Crippen LogP contribution is -2.41. The van der Waals surface area contributed by atoms with E-state index in [2.05, 4.69) is 0 Å². The molecule has 136 valence electrons. The Hall–Kier alpha value is -2.08. The van der Waals surface area contributed by atoms with Crippen LogP contribution < -0.4 is 4.74 Å². The Bertz CT molecular complexity index is 619. The molecule has 6 heteroatoms. The quantitative estimate of drug-likeness (QED) is 0.829. The highest BCUT2D eigenvalue weighted by Crippen LogP contribution is 2.27. The highest BCUT2D eigenvalue weighted by atomic mass is 16.5. The summed E-state index contributed by atoms with van der Waals surface area (Å²) in [7, 11) is 1.53. The van der Waals surface area contributed by atoms with Crippen molar-refractivity contribution in [2.24, 2.45) is 5.92 Å². The van der Waals surface area contributed by atoms with E-state index >= 15 is 0 Å². The van der Waals surface area contributed by atoms with Crippen molar-refractivity contribution in [3.63, 3.8) is 0 Å². The fourth-order valence-electron chi connectivity index (χ4n) is 3.56. The van der Waals surface area contributed by atoms with Crippen molar-refractivity contribution in [2.75, 3.05) is 46.5 Å². The monoisotopic (exact) mass is 346 g/mol. The van der Waals surface area contributed by atoms with E-state index in [4.69, 9.17) is 9.47 Å². The Labute approximate surface area is 148 Å². The third-order valence-corrected chi connectivity index (χ3v) is 4.94. The molecular formula is C19H26N2O4. The summed E-state index contributed by atoms with van der Waals surface area (Å²) in [6.45, 7) is 3.22. The highest BCUT2D eigenvalue weighted by molar-refractivity contribution is 5.80. The molecule has 2 aliphatic rings. The first-order valence-electron chi connectivity index (χ1n) is 8.95. The maximum atomic E-state index is 13.0. The number of para-hydroxylation sites is 1. The molecule has 0 N–H and O–H groups in total. The van der Waals surface area contributed by atoms with E-state index in [-0.39, 0.29) is 24.3 Å². The minimum absolute atomic E-state index is 0.00593. The van der Waals surface area contributed by atoms with Crippen LogP contribution in [0.15, 0.2) is 24.3 Å². The van der Waals surface area contributed by atoms with Gasteiger partial charge >= 0.3 is 0 Å². The zero-order chi connectivity index (χ0) is 17.6. The Morgan fingerprint density at radius 1 is 1.16 bits per heavy atom. The van der Waals surface area contributed by atoms with Crippen molar-refractivity contribution in [3.05, 3.63) is 29.8 Å². The fourth-order valence-corrected chi connectivity index (χ4v) is 3.56. The number of methoxy groups -OCH3 is 1. The molecule has 0 spiro atoms. The van der Waals surface area contributed by atoms with Crippen LogP contribution >= 0.6 is 0 Å². The first-order chi connectivity index (χ1) is 12.2. The van der Waals surface area contributed by atoms with E-state index in [9.17, 15) is 9.59 Å². The van der Waals surface area contributed by atoms with Gasteiger partial charge in [0.2, 0.25) is 11.8 Å². The van der Waals surface area contributed by atoms with Gasteiger partial charge in [0, 0.05) is 39.2 Å². The number of nitrogens with zero attached hydrogens (tertiary/aromatic N) is 2. The summed E-state index contributed by atoms with van der Waals surface area (Å²) in [5.74, 6) is 1.02. The van der Waals surface area contributed by atoms with Crippen LogP contribution in [0.4, 0.5) is 0 Å². The molecule has 0 saturated carbocycles. The number of ether oxygens (including phenoxy) is 2. The largest absolute Gasteiger partial charge is 0.493 e. The molecule has 0 radical (unpaired) electrons. The first kappa shape index (κ1) is 17.7. The molecule has 1 aromatic rings. The third kappa shape index (κ3) is 4.31. The van der Waals surface area contributed by atoms with E-state index < -0.39 is 0 Å². The second-order valence-corrected chi connectivity index (χ2v) is 6.64. The van der Waals surface area contributed by atoms with Gasteiger partial charge in [0.05, 0.1) is 6.61 Å². The summed E-state index contributed by atoms with van der Waals surface area (Å²) in [5.41, 5.74) is 1.10. The van der Waals surface area contributed by atoms with Gasteiger partial charge in [-0.05, 0) is 30.9 Å². The normalized spacial score (nSPS) is 20.9. The number of carbonyl (C=O) groups excluding carboxylic acids is 2. The van der Waals surface area contributed by atoms with E-state index in [1.165, 1.54) is 7.11 Å². The predicted octanol–water partition coefficient (Wildman–Crippen LogP) is 1.34. The Balaban J connectivity index is 1.62. The van der Waals surface area contributed by atoms with E-state index in [1.54, 1.807) is 4.90 Å². The van der Waals surface area contributed by atoms with Crippen molar-refractivity contribution in [1.82, 2.24) is 9.80 Å². The van der Waals surface area contributed by atoms with Gasteiger partial charge in [0.15, 0.2) is 0 Å². The number of hydrogen-bond acceptors (Lipinski definition) is 4. The van der Waals surface area contributed by atoms with Crippen molar-refractivity contribution >= 4 is 11.8 Å². The number of rotatable bonds is 3. The fraction of sp³-hybridized carbons (Fsp3) is 0.579. The van der Waals surface area contributed by atoms with Crippen LogP contribution in [-0.2, 0) is 20.7 Å². The van der Waals surface area contributed by atoms with Crippen molar-refractivity contribution < 1.29 is 19.1 Å². The maximum absolute atomic E-state index is 13.0. The molecule has 6 nitrogen and oxygen atoms in total. The van der Waals surface area contributed by atoms with E-state index in [0.29, 0.717) is 32.8 Å². The van der Waals surface area contributed by atoms with E-state index in [1.807, 2.05) is 29.2 Å². The molecular weight excluding hydrogens is 320 g/mol. The smallest absolute Gasteiger partial charge is 0.248 e. The second-order valence-electron chi connectivity index (χ2n) is 6.64. The number of hydrogen-bond donors (Lipinski definition) is 0. The Morgan fingerprint density at radius 2 is 1.92 bits per heavy atom. The molecule has 2 aliphatic heterocycles. The summed E-state index contributed by atoms with van der Waals surface area (Å²) in [6.07, 6.45) is 2.26. The summed E-state index contributed by atoms with van der Waals surface area (Å²) < 4.78 is 10.7. The lowest BCUT2D eigenvalue weighted by atomic mass is 9.95. The van der Waals surface area contributed by atoms with Crippen LogP contribution in [0.2, 0.25) is 0 Å². The zero-order valence-electron chi connectivity index (χ0n) is 14.8. The number of fused-ring (bicyclic) bond motifs is 1. The molecule has 1 aromatic carbocycles. The van der Waals surface area contributed by atoms with Crippen LogP contribution in [0, 0.1) is 5.92 Å². The molecule has 25 heavy (non-hydrogen) atoms. The number of amides is 2. The van der Waals surface area contributed by atoms with Gasteiger partial charge in [0.1, 0.15) is 12.4 Å². The topological polar surface area (TPSA) is 59.1 Å². The lowest BCUT2D eigenvalue weighted by Gasteiger charge is -2.25. The Morgan fingerprint density at radius 3 is 2.76 bits per heavy atom. The number of benzene rings is 1. The summed E-state index contributed by atoms with van der Waals surface area (Å²) in [4.78, 5) is 28.7. The first-order valence-corrected chi connectivity index (χ1v) is 8.95. The molecule has 2 amide bonds. The van der Waals surface area contributed by atoms with E-state index in [0.717, 1.165) is 30.6 Å². The molecule has 1 saturated heterocycles. The minimum Gasteiger partial charge on any atom is -0.493 e. The van der Waals surface area contributed by atoms with Crippen LogP contribution in [0.5, 0.6) is 5.75 Å². The van der Waals surface area contributed by atoms with Crippen LogP contribution in [-0.4, -0.2) is 68.1 Å². The zero-order valence-corrected chi connectivity index (χ0v) is 14.8. The van der Waals surface area contributed by atoms with Gasteiger partial charge in [-0.2, -0.15) is 0 Å². The molecule has 0 aromatic heterocycles. The molecule has 1 fully saturated rings. The molecule has 0 aliphatic carbocycles. The minimum atomic E-state index is -0.0510. The van der Waals surface area contributed by atoms with Gasteiger partial charge in [-0.3, -0.25) is 9.59 Å². The van der Waals surface area contributed by atoms with Crippen molar-refractivity contribution in [1.29, 1.82) is 0 Å². The predicted molar refractivity (Wildman–Crippen MR) is 93.4 cm³/mol. The van der Waals surface area contributed by atoms with Crippen LogP contribution in [0.3, 0.4) is 0 Å². The van der Waals surface area contributed by atoms with Crippen LogP contribution in [0.1, 0.15) is 18.4 Å². The van der Waals surface area contributed by atoms with Gasteiger partial charge < -0.3 is 19.3 Å². The molecule has 3 rings (SSSR count). The number of carbonyl (C=O) groups is 2. The summed E-state index contributed by atoms with van der Waals surface area (Å²) >= 11 is 0. The molecule has 0 unspecified atom stereocenters. The molecule has 2 heterocycles. The molecule has 1 atom stereocenters. The standard InChI is InChI=1S/C19H26N2O4/c1-24-14-18(22)20-8-4-9-21(11-10-20)19(23)16-7-12-25-17-6-3-2-5-15(17)13-16/h2-3,5-6,16H,4,7-14H2,1H3/t16-/m0/s1. The van der Waals surface area contributed by atoms with Crippen molar-refractivity contribution in [3.8, 4) is 5.75 Å².